The molecule has 2 heterocycles. The number of aromatic nitrogens is 2. The summed E-state index contributed by atoms with van der Waals surface area (Å²) in [4.78, 5) is 32.0. The Morgan fingerprint density at radius 3 is 2.84 bits per heavy atom. The van der Waals surface area contributed by atoms with Gasteiger partial charge in [0.25, 0.3) is 5.56 Å². The van der Waals surface area contributed by atoms with Gasteiger partial charge in [0, 0.05) is 19.1 Å². The molecule has 1 amide bonds. The van der Waals surface area contributed by atoms with Crippen LogP contribution in [0.2, 0.25) is 0 Å². The fourth-order valence-corrected chi connectivity index (χ4v) is 4.48. The summed E-state index contributed by atoms with van der Waals surface area (Å²) in [7, 11) is 0. The van der Waals surface area contributed by atoms with E-state index in [9.17, 15) is 9.59 Å². The largest absolute Gasteiger partial charge is 0.342 e. The number of carbonyl (C=O) groups excluding carboxylic acids is 1. The van der Waals surface area contributed by atoms with Crippen molar-refractivity contribution in [3.63, 3.8) is 0 Å². The molecule has 2 aliphatic rings. The monoisotopic (exact) mass is 357 g/mol. The summed E-state index contributed by atoms with van der Waals surface area (Å²) in [5.74, 6) is 1.08. The summed E-state index contributed by atoms with van der Waals surface area (Å²) < 4.78 is 1.80. The number of carbonyl (C=O) groups is 1. The van der Waals surface area contributed by atoms with Gasteiger partial charge >= 0.3 is 0 Å². The summed E-state index contributed by atoms with van der Waals surface area (Å²) in [6.45, 7) is 3.90. The number of likely N-dealkylation sites (tertiary alicyclic amines) is 1. The van der Waals surface area contributed by atoms with Crippen molar-refractivity contribution in [1.29, 1.82) is 0 Å². The molecule has 1 atom stereocenters. The van der Waals surface area contributed by atoms with E-state index in [2.05, 4.69) is 11.9 Å². The Balaban J connectivity index is 1.57. The van der Waals surface area contributed by atoms with Crippen LogP contribution in [0.4, 0.5) is 0 Å². The molecule has 4 rings (SSSR count). The third-order valence-electron chi connectivity index (χ3n) is 5.02. The van der Waals surface area contributed by atoms with Crippen LogP contribution in [0, 0.1) is 5.92 Å². The minimum atomic E-state index is 0.0228. The van der Waals surface area contributed by atoms with Crippen LogP contribution in [0.5, 0.6) is 0 Å². The molecule has 1 aromatic heterocycles. The molecule has 0 unspecified atom stereocenters. The maximum Gasteiger partial charge on any atom is 0.262 e. The number of hydrogen-bond donors (Lipinski definition) is 0. The van der Waals surface area contributed by atoms with Crippen molar-refractivity contribution < 1.29 is 4.79 Å². The number of fused-ring (bicyclic) bond motifs is 1. The average Bonchev–Trinajstić information content (AvgIpc) is 3.44. The first kappa shape index (κ1) is 16.6. The number of rotatable bonds is 4. The van der Waals surface area contributed by atoms with Gasteiger partial charge in [0.2, 0.25) is 5.91 Å². The van der Waals surface area contributed by atoms with E-state index in [-0.39, 0.29) is 17.5 Å². The molecule has 1 saturated carbocycles. The molecule has 2 aromatic rings. The number of para-hydroxylation sites is 1. The van der Waals surface area contributed by atoms with Crippen molar-refractivity contribution in [2.24, 2.45) is 5.92 Å². The zero-order chi connectivity index (χ0) is 17.4. The van der Waals surface area contributed by atoms with Gasteiger partial charge in [0.15, 0.2) is 5.16 Å². The lowest BCUT2D eigenvalue weighted by atomic mass is 10.0. The van der Waals surface area contributed by atoms with Crippen LogP contribution in [0.3, 0.4) is 0 Å². The van der Waals surface area contributed by atoms with Gasteiger partial charge in [-0.05, 0) is 43.7 Å². The van der Waals surface area contributed by atoms with Crippen molar-refractivity contribution in [2.75, 3.05) is 18.8 Å². The Kier molecular flexibility index (Phi) is 4.54. The Bertz CT molecular complexity index is 859. The number of nitrogens with zero attached hydrogens (tertiary/aromatic N) is 3. The van der Waals surface area contributed by atoms with Gasteiger partial charge in [0.05, 0.1) is 16.7 Å². The van der Waals surface area contributed by atoms with Crippen molar-refractivity contribution in [2.45, 2.75) is 43.8 Å². The van der Waals surface area contributed by atoms with Crippen molar-refractivity contribution in [3.05, 3.63) is 34.6 Å². The van der Waals surface area contributed by atoms with Gasteiger partial charge in [-0.15, -0.1) is 0 Å². The SMILES string of the molecule is C[C@@H]1CCCN(C(=O)CSc2nc3ccccc3c(=O)n2C2CC2)C1. The molecule has 0 spiro atoms. The van der Waals surface area contributed by atoms with E-state index in [0.29, 0.717) is 27.7 Å². The zero-order valence-electron chi connectivity index (χ0n) is 14.5. The summed E-state index contributed by atoms with van der Waals surface area (Å²) in [5, 5.41) is 1.35. The van der Waals surface area contributed by atoms with Gasteiger partial charge in [-0.25, -0.2) is 4.98 Å². The molecule has 1 aromatic carbocycles. The maximum absolute atomic E-state index is 12.8. The number of amides is 1. The highest BCUT2D eigenvalue weighted by atomic mass is 32.2. The van der Waals surface area contributed by atoms with Crippen molar-refractivity contribution >= 4 is 28.6 Å². The molecule has 6 heteroatoms. The quantitative estimate of drug-likeness (QED) is 0.623. The maximum atomic E-state index is 12.8. The molecule has 2 fully saturated rings. The minimum Gasteiger partial charge on any atom is -0.342 e. The van der Waals surface area contributed by atoms with Crippen LogP contribution in [0.15, 0.2) is 34.2 Å². The number of piperidine rings is 1. The second kappa shape index (κ2) is 6.83. The van der Waals surface area contributed by atoms with Crippen LogP contribution >= 0.6 is 11.8 Å². The summed E-state index contributed by atoms with van der Waals surface area (Å²) >= 11 is 1.41. The second-order valence-corrected chi connectivity index (χ2v) is 8.14. The fraction of sp³-hybridized carbons (Fsp3) is 0.526. The smallest absolute Gasteiger partial charge is 0.262 e. The predicted molar refractivity (Wildman–Crippen MR) is 100.0 cm³/mol. The van der Waals surface area contributed by atoms with Crippen LogP contribution in [0.25, 0.3) is 10.9 Å². The molecule has 1 aliphatic carbocycles. The lowest BCUT2D eigenvalue weighted by Crippen LogP contribution is -2.40. The van der Waals surface area contributed by atoms with Gasteiger partial charge in [-0.1, -0.05) is 30.8 Å². The third-order valence-corrected chi connectivity index (χ3v) is 5.96. The van der Waals surface area contributed by atoms with E-state index in [1.165, 1.54) is 18.2 Å². The Morgan fingerprint density at radius 2 is 2.08 bits per heavy atom. The predicted octanol–water partition coefficient (Wildman–Crippen LogP) is 3.08. The highest BCUT2D eigenvalue weighted by Crippen LogP contribution is 2.36. The number of thioether (sulfide) groups is 1. The van der Waals surface area contributed by atoms with E-state index < -0.39 is 0 Å². The van der Waals surface area contributed by atoms with E-state index >= 15 is 0 Å². The molecular weight excluding hydrogens is 334 g/mol. The van der Waals surface area contributed by atoms with Gasteiger partial charge in [0.1, 0.15) is 0 Å². The summed E-state index contributed by atoms with van der Waals surface area (Å²) in [6.07, 6.45) is 4.32. The molecule has 25 heavy (non-hydrogen) atoms. The Labute approximate surface area is 151 Å². The van der Waals surface area contributed by atoms with Gasteiger partial charge in [-0.3, -0.25) is 14.2 Å². The summed E-state index contributed by atoms with van der Waals surface area (Å²) in [6, 6.07) is 7.71. The first-order chi connectivity index (χ1) is 12.1. The normalized spacial score (nSPS) is 20.8. The average molecular weight is 357 g/mol. The lowest BCUT2D eigenvalue weighted by molar-refractivity contribution is -0.130. The van der Waals surface area contributed by atoms with Crippen LogP contribution in [-0.4, -0.2) is 39.2 Å². The molecule has 0 radical (unpaired) electrons. The molecule has 132 valence electrons. The molecule has 1 aliphatic heterocycles. The highest BCUT2D eigenvalue weighted by molar-refractivity contribution is 7.99. The second-order valence-electron chi connectivity index (χ2n) is 7.19. The standard InChI is InChI=1S/C19H23N3O2S/c1-13-5-4-10-21(11-13)17(23)12-25-19-20-16-7-3-2-6-15(16)18(24)22(19)14-8-9-14/h2-3,6-7,13-14H,4-5,8-12H2,1H3/t13-/m1/s1. The molecular formula is C19H23N3O2S. The minimum absolute atomic E-state index is 0.0228. The van der Waals surface area contributed by atoms with Crippen molar-refractivity contribution in [1.82, 2.24) is 14.5 Å². The molecule has 1 saturated heterocycles. The molecule has 0 bridgehead atoms. The molecule has 0 N–H and O–H groups in total. The number of benzene rings is 1. The number of hydrogen-bond acceptors (Lipinski definition) is 4. The third kappa shape index (κ3) is 3.45. The van der Waals surface area contributed by atoms with Crippen LogP contribution in [-0.2, 0) is 4.79 Å². The summed E-state index contributed by atoms with van der Waals surface area (Å²) in [5.41, 5.74) is 0.737. The zero-order valence-corrected chi connectivity index (χ0v) is 15.3. The van der Waals surface area contributed by atoms with Crippen LogP contribution in [0.1, 0.15) is 38.6 Å². The van der Waals surface area contributed by atoms with E-state index in [1.807, 2.05) is 29.2 Å². The van der Waals surface area contributed by atoms with E-state index in [0.717, 1.165) is 32.4 Å². The van der Waals surface area contributed by atoms with Crippen LogP contribution < -0.4 is 5.56 Å². The first-order valence-electron chi connectivity index (χ1n) is 9.05. The fourth-order valence-electron chi connectivity index (χ4n) is 3.52. The topological polar surface area (TPSA) is 55.2 Å². The highest BCUT2D eigenvalue weighted by Gasteiger charge is 2.29. The van der Waals surface area contributed by atoms with Gasteiger partial charge in [-0.2, -0.15) is 0 Å². The Hall–Kier alpha value is -1.82. The molecule has 5 nitrogen and oxygen atoms in total. The van der Waals surface area contributed by atoms with E-state index in [1.54, 1.807) is 4.57 Å². The lowest BCUT2D eigenvalue weighted by Gasteiger charge is -2.30. The Morgan fingerprint density at radius 1 is 1.28 bits per heavy atom. The van der Waals surface area contributed by atoms with Crippen molar-refractivity contribution in [3.8, 4) is 0 Å². The van der Waals surface area contributed by atoms with E-state index in [4.69, 9.17) is 0 Å². The van der Waals surface area contributed by atoms with Gasteiger partial charge < -0.3 is 4.90 Å². The first-order valence-corrected chi connectivity index (χ1v) is 10.0.